The van der Waals surface area contributed by atoms with E-state index in [-0.39, 0.29) is 6.04 Å². The minimum absolute atomic E-state index is 0.0151. The highest BCUT2D eigenvalue weighted by Gasteiger charge is 2.31. The standard InChI is InChI=1S/C24H25F3N2/c1-17-9-10-20(14-18(17)2)23-22-8-4-11-28(22)12-5-13-29(23)16-19-6-3-7-21(15-19)24(25,26)27/h3-4,6-11,14-15,23H,5,12-13,16H2,1-2H3/t23-/m1/s1. The van der Waals surface area contributed by atoms with Gasteiger partial charge in [-0.05, 0) is 60.7 Å². The Morgan fingerprint density at radius 1 is 0.931 bits per heavy atom. The number of hydrogen-bond donors (Lipinski definition) is 0. The second-order valence-electron chi connectivity index (χ2n) is 7.89. The maximum Gasteiger partial charge on any atom is 0.416 e. The van der Waals surface area contributed by atoms with Crippen molar-refractivity contribution in [1.29, 1.82) is 0 Å². The van der Waals surface area contributed by atoms with Crippen LogP contribution in [-0.4, -0.2) is 16.0 Å². The van der Waals surface area contributed by atoms with Gasteiger partial charge in [0, 0.05) is 31.5 Å². The number of aryl methyl sites for hydroxylation is 3. The maximum absolute atomic E-state index is 13.2. The summed E-state index contributed by atoms with van der Waals surface area (Å²) in [5.74, 6) is 0. The van der Waals surface area contributed by atoms with Gasteiger partial charge in [-0.15, -0.1) is 0 Å². The lowest BCUT2D eigenvalue weighted by molar-refractivity contribution is -0.137. The summed E-state index contributed by atoms with van der Waals surface area (Å²) in [6.07, 6.45) is -1.27. The fourth-order valence-corrected chi connectivity index (χ4v) is 4.21. The monoisotopic (exact) mass is 398 g/mol. The Hall–Kier alpha value is -2.53. The van der Waals surface area contributed by atoms with Gasteiger partial charge in [0.15, 0.2) is 0 Å². The first kappa shape index (κ1) is 19.8. The molecule has 1 atom stereocenters. The first-order valence-corrected chi connectivity index (χ1v) is 9.95. The molecular formula is C24H25F3N2. The molecule has 0 spiro atoms. The fourth-order valence-electron chi connectivity index (χ4n) is 4.21. The lowest BCUT2D eigenvalue weighted by Crippen LogP contribution is -2.29. The highest BCUT2D eigenvalue weighted by atomic mass is 19.4. The van der Waals surface area contributed by atoms with Crippen molar-refractivity contribution in [2.75, 3.05) is 6.54 Å². The summed E-state index contributed by atoms with van der Waals surface area (Å²) < 4.78 is 41.8. The van der Waals surface area contributed by atoms with Crippen LogP contribution in [0.3, 0.4) is 0 Å². The molecular weight excluding hydrogens is 373 g/mol. The molecule has 5 heteroatoms. The molecule has 0 aliphatic carbocycles. The largest absolute Gasteiger partial charge is 0.416 e. The van der Waals surface area contributed by atoms with Crippen LogP contribution in [0.15, 0.2) is 60.8 Å². The van der Waals surface area contributed by atoms with Gasteiger partial charge in [0.25, 0.3) is 0 Å². The van der Waals surface area contributed by atoms with E-state index in [4.69, 9.17) is 0 Å². The van der Waals surface area contributed by atoms with Gasteiger partial charge >= 0.3 is 6.18 Å². The summed E-state index contributed by atoms with van der Waals surface area (Å²) in [5.41, 5.74) is 4.94. The number of hydrogen-bond acceptors (Lipinski definition) is 1. The van der Waals surface area contributed by atoms with Crippen molar-refractivity contribution in [2.24, 2.45) is 0 Å². The second-order valence-corrected chi connectivity index (χ2v) is 7.89. The predicted octanol–water partition coefficient (Wildman–Crippen LogP) is 6.12. The first-order valence-electron chi connectivity index (χ1n) is 9.95. The van der Waals surface area contributed by atoms with Crippen molar-refractivity contribution in [1.82, 2.24) is 9.47 Å². The van der Waals surface area contributed by atoms with Gasteiger partial charge in [-0.2, -0.15) is 13.2 Å². The summed E-state index contributed by atoms with van der Waals surface area (Å²) in [6.45, 7) is 6.42. The Balaban J connectivity index is 1.73. The molecule has 2 nitrogen and oxygen atoms in total. The van der Waals surface area contributed by atoms with E-state index in [1.165, 1.54) is 34.5 Å². The van der Waals surface area contributed by atoms with E-state index >= 15 is 0 Å². The number of aromatic nitrogens is 1. The smallest absolute Gasteiger partial charge is 0.350 e. The quantitative estimate of drug-likeness (QED) is 0.516. The van der Waals surface area contributed by atoms with Gasteiger partial charge in [-0.25, -0.2) is 0 Å². The minimum Gasteiger partial charge on any atom is -0.350 e. The third-order valence-electron chi connectivity index (χ3n) is 5.84. The Morgan fingerprint density at radius 2 is 1.76 bits per heavy atom. The van der Waals surface area contributed by atoms with Crippen LogP contribution in [0.25, 0.3) is 0 Å². The van der Waals surface area contributed by atoms with E-state index < -0.39 is 11.7 Å². The van der Waals surface area contributed by atoms with E-state index in [2.05, 4.69) is 59.8 Å². The van der Waals surface area contributed by atoms with Crippen molar-refractivity contribution in [3.8, 4) is 0 Å². The Kier molecular flexibility index (Phi) is 5.26. The summed E-state index contributed by atoms with van der Waals surface area (Å²) in [7, 11) is 0. The average molecular weight is 398 g/mol. The maximum atomic E-state index is 13.2. The van der Waals surface area contributed by atoms with E-state index in [0.717, 1.165) is 25.6 Å². The van der Waals surface area contributed by atoms with Gasteiger partial charge in [-0.1, -0.05) is 36.4 Å². The van der Waals surface area contributed by atoms with Gasteiger partial charge in [0.05, 0.1) is 11.6 Å². The third-order valence-corrected chi connectivity index (χ3v) is 5.84. The van der Waals surface area contributed by atoms with E-state index in [1.807, 2.05) is 0 Å². The molecule has 0 unspecified atom stereocenters. The van der Waals surface area contributed by atoms with Crippen LogP contribution in [0.4, 0.5) is 13.2 Å². The van der Waals surface area contributed by atoms with Crippen molar-refractivity contribution in [3.05, 3.63) is 94.3 Å². The first-order chi connectivity index (χ1) is 13.8. The molecule has 0 amide bonds. The molecule has 0 saturated carbocycles. The van der Waals surface area contributed by atoms with Gasteiger partial charge < -0.3 is 4.57 Å². The number of nitrogens with zero attached hydrogens (tertiary/aromatic N) is 2. The molecule has 152 valence electrons. The molecule has 4 rings (SSSR count). The number of fused-ring (bicyclic) bond motifs is 1. The molecule has 0 radical (unpaired) electrons. The van der Waals surface area contributed by atoms with Gasteiger partial charge in [0.2, 0.25) is 0 Å². The molecule has 2 heterocycles. The van der Waals surface area contributed by atoms with Crippen molar-refractivity contribution in [3.63, 3.8) is 0 Å². The van der Waals surface area contributed by atoms with Crippen LogP contribution in [0, 0.1) is 13.8 Å². The predicted molar refractivity (Wildman–Crippen MR) is 109 cm³/mol. The van der Waals surface area contributed by atoms with Crippen LogP contribution in [0.2, 0.25) is 0 Å². The Bertz CT molecular complexity index is 1000. The van der Waals surface area contributed by atoms with Crippen LogP contribution < -0.4 is 0 Å². The molecule has 29 heavy (non-hydrogen) atoms. The Morgan fingerprint density at radius 3 is 2.52 bits per heavy atom. The van der Waals surface area contributed by atoms with Gasteiger partial charge in [0.1, 0.15) is 0 Å². The number of rotatable bonds is 3. The molecule has 0 fully saturated rings. The molecule has 3 aromatic rings. The van der Waals surface area contributed by atoms with Crippen molar-refractivity contribution < 1.29 is 13.2 Å². The molecule has 1 aliphatic heterocycles. The van der Waals surface area contributed by atoms with Crippen LogP contribution in [-0.2, 0) is 19.3 Å². The average Bonchev–Trinajstić information content (AvgIpc) is 3.05. The van der Waals surface area contributed by atoms with Crippen LogP contribution in [0.5, 0.6) is 0 Å². The Labute approximate surface area is 169 Å². The SMILES string of the molecule is Cc1ccc([C@@H]2c3cccn3CCCN2Cc2cccc(C(F)(F)F)c2)cc1C. The zero-order valence-electron chi connectivity index (χ0n) is 16.7. The zero-order valence-corrected chi connectivity index (χ0v) is 16.7. The molecule has 0 bridgehead atoms. The van der Waals surface area contributed by atoms with Gasteiger partial charge in [-0.3, -0.25) is 4.90 Å². The molecule has 1 aliphatic rings. The second kappa shape index (κ2) is 7.71. The van der Waals surface area contributed by atoms with Crippen molar-refractivity contribution >= 4 is 0 Å². The lowest BCUT2D eigenvalue weighted by atomic mass is 9.97. The third kappa shape index (κ3) is 4.10. The summed E-state index contributed by atoms with van der Waals surface area (Å²) in [5, 5.41) is 0. The molecule has 1 aromatic heterocycles. The normalized spacial score (nSPS) is 17.8. The van der Waals surface area contributed by atoms with E-state index in [9.17, 15) is 13.2 Å². The van der Waals surface area contributed by atoms with Crippen LogP contribution in [0.1, 0.15) is 46.0 Å². The van der Waals surface area contributed by atoms with E-state index in [1.54, 1.807) is 6.07 Å². The zero-order chi connectivity index (χ0) is 20.6. The number of alkyl halides is 3. The highest BCUT2D eigenvalue weighted by molar-refractivity contribution is 5.36. The molecule has 0 N–H and O–H groups in total. The topological polar surface area (TPSA) is 8.17 Å². The highest BCUT2D eigenvalue weighted by Crippen LogP contribution is 2.35. The fraction of sp³-hybridized carbons (Fsp3) is 0.333. The number of halogens is 3. The van der Waals surface area contributed by atoms with Crippen LogP contribution >= 0.6 is 0 Å². The van der Waals surface area contributed by atoms with E-state index in [0.29, 0.717) is 12.1 Å². The molecule has 2 aromatic carbocycles. The summed E-state index contributed by atoms with van der Waals surface area (Å²) >= 11 is 0. The minimum atomic E-state index is -4.32. The summed E-state index contributed by atoms with van der Waals surface area (Å²) in [6, 6.07) is 16.4. The molecule has 0 saturated heterocycles. The number of benzene rings is 2. The lowest BCUT2D eigenvalue weighted by Gasteiger charge is -2.31. The summed E-state index contributed by atoms with van der Waals surface area (Å²) in [4.78, 5) is 2.30. The van der Waals surface area contributed by atoms with Crippen molar-refractivity contribution in [2.45, 2.75) is 45.6 Å².